The van der Waals surface area contributed by atoms with E-state index in [1.807, 2.05) is 6.07 Å². The van der Waals surface area contributed by atoms with Crippen molar-refractivity contribution in [3.63, 3.8) is 0 Å². The van der Waals surface area contributed by atoms with Crippen LogP contribution in [0.1, 0.15) is 12.5 Å². The molecule has 1 saturated heterocycles. The van der Waals surface area contributed by atoms with Crippen molar-refractivity contribution in [1.29, 1.82) is 0 Å². The summed E-state index contributed by atoms with van der Waals surface area (Å²) >= 11 is 3.57. The van der Waals surface area contributed by atoms with Crippen LogP contribution in [0, 0.1) is 0 Å². The lowest BCUT2D eigenvalue weighted by Crippen LogP contribution is -2.58. The van der Waals surface area contributed by atoms with Crippen molar-refractivity contribution in [2.24, 2.45) is 5.73 Å². The lowest BCUT2D eigenvalue weighted by molar-refractivity contribution is -0.0143. The third-order valence-electron chi connectivity index (χ3n) is 3.24. The molecule has 1 aliphatic rings. The summed E-state index contributed by atoms with van der Waals surface area (Å²) in [6.07, 6.45) is 0.842. The van der Waals surface area contributed by atoms with Crippen molar-refractivity contribution in [3.05, 3.63) is 34.3 Å². The van der Waals surface area contributed by atoms with Gasteiger partial charge in [-0.05, 0) is 18.6 Å². The summed E-state index contributed by atoms with van der Waals surface area (Å²) < 4.78 is 6.49. The number of benzene rings is 1. The highest BCUT2D eigenvalue weighted by molar-refractivity contribution is 9.10. The van der Waals surface area contributed by atoms with E-state index >= 15 is 0 Å². The topological polar surface area (TPSA) is 38.5 Å². The van der Waals surface area contributed by atoms with Crippen LogP contribution in [0.3, 0.4) is 0 Å². The Morgan fingerprint density at radius 3 is 2.65 bits per heavy atom. The molecule has 1 aromatic rings. The molecule has 0 saturated carbocycles. The van der Waals surface area contributed by atoms with E-state index < -0.39 is 0 Å². The van der Waals surface area contributed by atoms with Gasteiger partial charge in [0, 0.05) is 24.0 Å². The highest BCUT2D eigenvalue weighted by Gasteiger charge is 2.29. The molecule has 0 spiro atoms. The molecular weight excluding hydrogens is 280 g/mol. The van der Waals surface area contributed by atoms with E-state index in [0.717, 1.165) is 37.2 Å². The average Bonchev–Trinajstić information content (AvgIpc) is 2.33. The van der Waals surface area contributed by atoms with Crippen LogP contribution in [0.2, 0.25) is 0 Å². The molecule has 0 aromatic heterocycles. The van der Waals surface area contributed by atoms with Crippen molar-refractivity contribution in [3.8, 4) is 0 Å². The largest absolute Gasteiger partial charge is 0.379 e. The summed E-state index contributed by atoms with van der Waals surface area (Å²) in [4.78, 5) is 2.30. The molecule has 17 heavy (non-hydrogen) atoms. The van der Waals surface area contributed by atoms with Crippen molar-refractivity contribution in [2.75, 3.05) is 26.3 Å². The Hall–Kier alpha value is -0.420. The van der Waals surface area contributed by atoms with E-state index in [9.17, 15) is 0 Å². The second-order valence-electron chi connectivity index (χ2n) is 4.72. The van der Waals surface area contributed by atoms with Gasteiger partial charge in [0.15, 0.2) is 0 Å². The normalized spacial score (nSPS) is 21.1. The first-order chi connectivity index (χ1) is 8.09. The second kappa shape index (κ2) is 5.48. The van der Waals surface area contributed by atoms with Gasteiger partial charge in [0.2, 0.25) is 0 Å². The second-order valence-corrected chi connectivity index (χ2v) is 5.58. The van der Waals surface area contributed by atoms with Gasteiger partial charge in [0.25, 0.3) is 0 Å². The molecule has 1 fully saturated rings. The minimum atomic E-state index is -0.312. The molecule has 0 aliphatic carbocycles. The van der Waals surface area contributed by atoms with E-state index in [-0.39, 0.29) is 5.66 Å². The Balaban J connectivity index is 2.08. The number of rotatable bonds is 3. The van der Waals surface area contributed by atoms with E-state index in [4.69, 9.17) is 10.5 Å². The van der Waals surface area contributed by atoms with Gasteiger partial charge in [-0.3, -0.25) is 4.90 Å². The summed E-state index contributed by atoms with van der Waals surface area (Å²) in [7, 11) is 0. The molecular formula is C13H19BrN2O. The fraction of sp³-hybridized carbons (Fsp3) is 0.538. The van der Waals surface area contributed by atoms with Crippen molar-refractivity contribution in [2.45, 2.75) is 19.0 Å². The smallest absolute Gasteiger partial charge is 0.0701 e. The van der Waals surface area contributed by atoms with Gasteiger partial charge in [-0.25, -0.2) is 0 Å². The molecule has 1 heterocycles. The third kappa shape index (κ3) is 3.28. The maximum absolute atomic E-state index is 6.44. The lowest BCUT2D eigenvalue weighted by atomic mass is 10.00. The highest BCUT2D eigenvalue weighted by Crippen LogP contribution is 2.22. The molecule has 1 aromatic carbocycles. The van der Waals surface area contributed by atoms with Gasteiger partial charge < -0.3 is 10.5 Å². The Morgan fingerprint density at radius 1 is 1.35 bits per heavy atom. The average molecular weight is 299 g/mol. The SMILES string of the molecule is CC(N)(Cc1ccccc1Br)N1CCOCC1. The minimum Gasteiger partial charge on any atom is -0.379 e. The molecule has 0 radical (unpaired) electrons. The van der Waals surface area contributed by atoms with Crippen LogP contribution >= 0.6 is 15.9 Å². The van der Waals surface area contributed by atoms with Crippen LogP contribution in [0.25, 0.3) is 0 Å². The van der Waals surface area contributed by atoms with E-state index in [1.54, 1.807) is 0 Å². The fourth-order valence-corrected chi connectivity index (χ4v) is 2.64. The van der Waals surface area contributed by atoms with E-state index in [2.05, 4.69) is 46.0 Å². The molecule has 4 heteroatoms. The first kappa shape index (κ1) is 13.0. The third-order valence-corrected chi connectivity index (χ3v) is 4.01. The van der Waals surface area contributed by atoms with Crippen LogP contribution in [0.5, 0.6) is 0 Å². The molecule has 0 amide bonds. The summed E-state index contributed by atoms with van der Waals surface area (Å²) in [5.74, 6) is 0. The zero-order chi connectivity index (χ0) is 12.3. The van der Waals surface area contributed by atoms with Gasteiger partial charge in [-0.2, -0.15) is 0 Å². The number of nitrogens with two attached hydrogens (primary N) is 1. The zero-order valence-corrected chi connectivity index (χ0v) is 11.7. The molecule has 1 aliphatic heterocycles. The Kier molecular flexibility index (Phi) is 4.20. The van der Waals surface area contributed by atoms with Gasteiger partial charge in [0.05, 0.1) is 18.9 Å². The van der Waals surface area contributed by atoms with Crippen molar-refractivity contribution in [1.82, 2.24) is 4.90 Å². The molecule has 94 valence electrons. The number of hydrogen-bond acceptors (Lipinski definition) is 3. The molecule has 2 N–H and O–H groups in total. The molecule has 3 nitrogen and oxygen atoms in total. The van der Waals surface area contributed by atoms with Gasteiger partial charge in [-0.1, -0.05) is 34.1 Å². The number of hydrogen-bond donors (Lipinski definition) is 1. The van der Waals surface area contributed by atoms with Crippen molar-refractivity contribution < 1.29 is 4.74 Å². The summed E-state index contributed by atoms with van der Waals surface area (Å²) in [5.41, 5.74) is 7.38. The first-order valence-corrected chi connectivity index (χ1v) is 6.74. The number of nitrogens with zero attached hydrogens (tertiary/aromatic N) is 1. The van der Waals surface area contributed by atoms with Crippen LogP contribution in [-0.4, -0.2) is 36.9 Å². The quantitative estimate of drug-likeness (QED) is 0.928. The van der Waals surface area contributed by atoms with E-state index in [0.29, 0.717) is 0 Å². The monoisotopic (exact) mass is 298 g/mol. The Labute approximate surface area is 111 Å². The molecule has 2 rings (SSSR count). The lowest BCUT2D eigenvalue weighted by Gasteiger charge is -2.40. The maximum Gasteiger partial charge on any atom is 0.0701 e. The molecule has 1 atom stereocenters. The standard InChI is InChI=1S/C13H19BrN2O/c1-13(15,16-6-8-17-9-7-16)10-11-4-2-3-5-12(11)14/h2-5H,6-10,15H2,1H3. The predicted molar refractivity (Wildman–Crippen MR) is 72.8 cm³/mol. The number of ether oxygens (including phenoxy) is 1. The van der Waals surface area contributed by atoms with Crippen LogP contribution in [0.4, 0.5) is 0 Å². The minimum absolute atomic E-state index is 0.312. The van der Waals surface area contributed by atoms with Crippen molar-refractivity contribution >= 4 is 15.9 Å². The first-order valence-electron chi connectivity index (χ1n) is 5.95. The van der Waals surface area contributed by atoms with Gasteiger partial charge >= 0.3 is 0 Å². The summed E-state index contributed by atoms with van der Waals surface area (Å²) in [6, 6.07) is 8.26. The van der Waals surface area contributed by atoms with Gasteiger partial charge in [0.1, 0.15) is 0 Å². The Bertz CT molecular complexity index is 375. The van der Waals surface area contributed by atoms with Crippen LogP contribution in [0.15, 0.2) is 28.7 Å². The van der Waals surface area contributed by atoms with Crippen LogP contribution < -0.4 is 5.73 Å². The maximum atomic E-state index is 6.44. The van der Waals surface area contributed by atoms with Crippen LogP contribution in [-0.2, 0) is 11.2 Å². The fourth-order valence-electron chi connectivity index (χ4n) is 2.21. The predicted octanol–water partition coefficient (Wildman–Crippen LogP) is 2.00. The van der Waals surface area contributed by atoms with Gasteiger partial charge in [-0.15, -0.1) is 0 Å². The zero-order valence-electron chi connectivity index (χ0n) is 10.2. The molecule has 1 unspecified atom stereocenters. The summed E-state index contributed by atoms with van der Waals surface area (Å²) in [6.45, 7) is 5.48. The molecule has 0 bridgehead atoms. The Morgan fingerprint density at radius 2 is 2.00 bits per heavy atom. The number of halogens is 1. The summed E-state index contributed by atoms with van der Waals surface area (Å²) in [5, 5.41) is 0. The highest BCUT2D eigenvalue weighted by atomic mass is 79.9. The number of morpholine rings is 1. The van der Waals surface area contributed by atoms with E-state index in [1.165, 1.54) is 5.56 Å².